The molecule has 8 nitrogen and oxygen atoms in total. The number of fused-ring (bicyclic) bond motifs is 3. The van der Waals surface area contributed by atoms with Gasteiger partial charge in [-0.3, -0.25) is 10.1 Å². The lowest BCUT2D eigenvalue weighted by molar-refractivity contribution is -0.385. The Kier molecular flexibility index (Phi) is 6.55. The first-order valence-corrected chi connectivity index (χ1v) is 11.2. The van der Waals surface area contributed by atoms with E-state index in [1.165, 1.54) is 12.1 Å². The lowest BCUT2D eigenvalue weighted by Crippen LogP contribution is -2.26. The minimum absolute atomic E-state index is 0.0402. The van der Waals surface area contributed by atoms with Crippen LogP contribution < -0.4 is 5.32 Å². The van der Waals surface area contributed by atoms with Crippen LogP contribution in [0.1, 0.15) is 53.7 Å². The molecule has 0 saturated heterocycles. The monoisotopic (exact) mass is 474 g/mol. The second-order valence-electron chi connectivity index (χ2n) is 9.33. The maximum atomic E-state index is 12.5. The van der Waals surface area contributed by atoms with E-state index in [-0.39, 0.29) is 30.3 Å². The lowest BCUT2D eigenvalue weighted by atomic mass is 9.98. The summed E-state index contributed by atoms with van der Waals surface area (Å²) in [4.78, 5) is 35.6. The zero-order chi connectivity index (χ0) is 25.2. The first-order chi connectivity index (χ1) is 16.6. The van der Waals surface area contributed by atoms with Gasteiger partial charge >= 0.3 is 12.1 Å². The number of esters is 1. The molecule has 8 heteroatoms. The van der Waals surface area contributed by atoms with Gasteiger partial charge < -0.3 is 14.8 Å². The average Bonchev–Trinajstić information content (AvgIpc) is 3.14. The third kappa shape index (κ3) is 5.48. The van der Waals surface area contributed by atoms with Gasteiger partial charge in [0.25, 0.3) is 5.69 Å². The summed E-state index contributed by atoms with van der Waals surface area (Å²) in [5.41, 5.74) is 3.86. The fraction of sp³-hybridized carbons (Fsp3) is 0.259. The number of carbonyl (C=O) groups is 2. The minimum atomic E-state index is -0.749. The van der Waals surface area contributed by atoms with Crippen LogP contribution >= 0.6 is 0 Å². The van der Waals surface area contributed by atoms with Crippen LogP contribution in [0.15, 0.2) is 66.7 Å². The van der Waals surface area contributed by atoms with Crippen molar-refractivity contribution in [2.75, 3.05) is 6.61 Å². The topological polar surface area (TPSA) is 108 Å². The van der Waals surface area contributed by atoms with E-state index in [2.05, 4.69) is 17.4 Å². The van der Waals surface area contributed by atoms with Crippen molar-refractivity contribution in [3.8, 4) is 11.1 Å². The number of alkyl carbamates (subject to hydrolysis) is 1. The number of amides is 1. The van der Waals surface area contributed by atoms with Crippen molar-refractivity contribution >= 4 is 17.7 Å². The molecule has 0 saturated carbocycles. The van der Waals surface area contributed by atoms with Crippen LogP contribution in [0, 0.1) is 10.1 Å². The van der Waals surface area contributed by atoms with Crippen LogP contribution in [0.2, 0.25) is 0 Å². The zero-order valence-corrected chi connectivity index (χ0v) is 19.7. The number of benzene rings is 3. The Balaban J connectivity index is 1.43. The van der Waals surface area contributed by atoms with Crippen LogP contribution in [0.4, 0.5) is 10.5 Å². The van der Waals surface area contributed by atoms with Crippen molar-refractivity contribution in [1.82, 2.24) is 5.32 Å². The lowest BCUT2D eigenvalue weighted by Gasteiger charge is -2.19. The zero-order valence-electron chi connectivity index (χ0n) is 19.7. The number of hydrogen-bond donors (Lipinski definition) is 1. The Hall–Kier alpha value is -4.20. The number of hydrogen-bond acceptors (Lipinski definition) is 6. The summed E-state index contributed by atoms with van der Waals surface area (Å²) in [6.07, 6.45) is -0.655. The third-order valence-corrected chi connectivity index (χ3v) is 5.60. The number of nitro benzene ring substituents is 1. The Labute approximate surface area is 203 Å². The molecule has 4 rings (SSSR count). The molecular weight excluding hydrogens is 448 g/mol. The maximum Gasteiger partial charge on any atom is 0.407 e. The molecule has 3 aromatic rings. The van der Waals surface area contributed by atoms with E-state index >= 15 is 0 Å². The number of nitrogens with one attached hydrogen (secondary N) is 1. The summed E-state index contributed by atoms with van der Waals surface area (Å²) in [6.45, 7) is 5.23. The number of nitro groups is 1. The molecule has 1 amide bonds. The van der Waals surface area contributed by atoms with Gasteiger partial charge in [0.15, 0.2) is 0 Å². The molecular formula is C27H26N2O6. The molecule has 0 spiro atoms. The highest BCUT2D eigenvalue weighted by Crippen LogP contribution is 2.44. The van der Waals surface area contributed by atoms with Crippen LogP contribution in [-0.4, -0.2) is 29.2 Å². The van der Waals surface area contributed by atoms with E-state index in [0.29, 0.717) is 5.56 Å². The SMILES string of the molecule is CC(C)(C)OC(=O)c1cc(CNC(=O)OCC2c3ccccc3-c3ccccc32)cc([N+](=O)[O-])c1. The molecule has 1 aliphatic rings. The number of non-ortho nitro benzene ring substituents is 1. The standard InChI is InChI=1S/C27H26N2O6/c1-27(2,3)35-25(30)18-12-17(13-19(14-18)29(32)33)15-28-26(31)34-16-24-22-10-6-4-8-20(22)21-9-5-7-11-23(21)24/h4-14,24H,15-16H2,1-3H3,(H,28,31). The quantitative estimate of drug-likeness (QED) is 0.283. The molecule has 0 radical (unpaired) electrons. The van der Waals surface area contributed by atoms with Crippen LogP contribution in [0.5, 0.6) is 0 Å². The van der Waals surface area contributed by atoms with Gasteiger partial charge in [-0.25, -0.2) is 9.59 Å². The molecule has 0 atom stereocenters. The Morgan fingerprint density at radius 2 is 1.57 bits per heavy atom. The van der Waals surface area contributed by atoms with Crippen LogP contribution in [-0.2, 0) is 16.0 Å². The van der Waals surface area contributed by atoms with Gasteiger partial charge in [0.05, 0.1) is 10.5 Å². The summed E-state index contributed by atoms with van der Waals surface area (Å²) in [6, 6.07) is 20.0. The fourth-order valence-corrected chi connectivity index (χ4v) is 4.16. The molecule has 1 aliphatic carbocycles. The van der Waals surface area contributed by atoms with Gasteiger partial charge in [0.2, 0.25) is 0 Å². The molecule has 0 bridgehead atoms. The highest BCUT2D eigenvalue weighted by molar-refractivity contribution is 5.90. The van der Waals surface area contributed by atoms with E-state index in [1.54, 1.807) is 20.8 Å². The second kappa shape index (κ2) is 9.58. The van der Waals surface area contributed by atoms with Gasteiger partial charge in [-0.15, -0.1) is 0 Å². The van der Waals surface area contributed by atoms with E-state index in [9.17, 15) is 19.7 Å². The minimum Gasteiger partial charge on any atom is -0.456 e. The van der Waals surface area contributed by atoms with E-state index < -0.39 is 22.6 Å². The van der Waals surface area contributed by atoms with Gasteiger partial charge in [-0.1, -0.05) is 48.5 Å². The Morgan fingerprint density at radius 3 is 2.14 bits per heavy atom. The number of ether oxygens (including phenoxy) is 2. The van der Waals surface area contributed by atoms with Crippen molar-refractivity contribution in [3.05, 3.63) is 99.1 Å². The Morgan fingerprint density at radius 1 is 0.971 bits per heavy atom. The largest absolute Gasteiger partial charge is 0.456 e. The van der Waals surface area contributed by atoms with Gasteiger partial charge in [0.1, 0.15) is 12.2 Å². The van der Waals surface area contributed by atoms with Crippen LogP contribution in [0.3, 0.4) is 0 Å². The summed E-state index contributed by atoms with van der Waals surface area (Å²) in [5.74, 6) is -0.756. The van der Waals surface area contributed by atoms with Crippen molar-refractivity contribution in [3.63, 3.8) is 0 Å². The maximum absolute atomic E-state index is 12.5. The smallest absolute Gasteiger partial charge is 0.407 e. The van der Waals surface area contributed by atoms with Crippen molar-refractivity contribution in [1.29, 1.82) is 0 Å². The molecule has 0 unspecified atom stereocenters. The molecule has 1 N–H and O–H groups in total. The van der Waals surface area contributed by atoms with E-state index in [4.69, 9.17) is 9.47 Å². The summed E-state index contributed by atoms with van der Waals surface area (Å²) in [5, 5.41) is 14.0. The highest BCUT2D eigenvalue weighted by Gasteiger charge is 2.29. The molecule has 0 aliphatic heterocycles. The van der Waals surface area contributed by atoms with E-state index in [1.807, 2.05) is 36.4 Å². The van der Waals surface area contributed by atoms with Gasteiger partial charge in [-0.05, 0) is 54.7 Å². The van der Waals surface area contributed by atoms with Gasteiger partial charge in [0, 0.05) is 24.6 Å². The number of rotatable bonds is 6. The average molecular weight is 475 g/mol. The van der Waals surface area contributed by atoms with Crippen molar-refractivity contribution < 1.29 is 24.0 Å². The molecule has 180 valence electrons. The molecule has 0 fully saturated rings. The fourth-order valence-electron chi connectivity index (χ4n) is 4.16. The van der Waals surface area contributed by atoms with Crippen molar-refractivity contribution in [2.24, 2.45) is 0 Å². The third-order valence-electron chi connectivity index (χ3n) is 5.60. The predicted octanol–water partition coefficient (Wildman–Crippen LogP) is 5.59. The summed E-state index contributed by atoms with van der Waals surface area (Å²) in [7, 11) is 0. The predicted molar refractivity (Wildman–Crippen MR) is 130 cm³/mol. The molecule has 0 heterocycles. The second-order valence-corrected chi connectivity index (χ2v) is 9.33. The number of nitrogens with zero attached hydrogens (tertiary/aromatic N) is 1. The number of carbonyl (C=O) groups excluding carboxylic acids is 2. The molecule has 35 heavy (non-hydrogen) atoms. The first kappa shape index (κ1) is 23.9. The summed E-state index contributed by atoms with van der Waals surface area (Å²) < 4.78 is 10.8. The molecule has 3 aromatic carbocycles. The van der Waals surface area contributed by atoms with Crippen molar-refractivity contribution in [2.45, 2.75) is 38.8 Å². The Bertz CT molecular complexity index is 1250. The highest BCUT2D eigenvalue weighted by atomic mass is 16.6. The molecule has 0 aromatic heterocycles. The van der Waals surface area contributed by atoms with Gasteiger partial charge in [-0.2, -0.15) is 0 Å². The van der Waals surface area contributed by atoms with E-state index in [0.717, 1.165) is 28.3 Å². The summed E-state index contributed by atoms with van der Waals surface area (Å²) >= 11 is 0. The first-order valence-electron chi connectivity index (χ1n) is 11.2. The van der Waals surface area contributed by atoms with Crippen LogP contribution in [0.25, 0.3) is 11.1 Å². The normalized spacial score (nSPS) is 12.4.